The highest BCUT2D eigenvalue weighted by molar-refractivity contribution is 5.83. The second-order valence-electron chi connectivity index (χ2n) is 4.13. The fourth-order valence-electron chi connectivity index (χ4n) is 1.94. The molecule has 1 aromatic heterocycles. The first kappa shape index (κ1) is 12.0. The predicted molar refractivity (Wildman–Crippen MR) is 60.7 cm³/mol. The number of aromatic nitrogens is 1. The molecule has 1 atom stereocenters. The third-order valence-corrected chi connectivity index (χ3v) is 2.84. The van der Waals surface area contributed by atoms with E-state index in [2.05, 4.69) is 0 Å². The van der Waals surface area contributed by atoms with E-state index in [1.165, 1.54) is 0 Å². The molecule has 2 nitrogen and oxygen atoms in total. The number of nitrogens with two attached hydrogens (primary N) is 1. The Morgan fingerprint density at radius 1 is 1.29 bits per heavy atom. The van der Waals surface area contributed by atoms with Crippen molar-refractivity contribution >= 4 is 10.9 Å². The number of benzene rings is 1. The van der Waals surface area contributed by atoms with Gasteiger partial charge in [-0.15, -0.1) is 0 Å². The zero-order valence-corrected chi connectivity index (χ0v) is 9.33. The van der Waals surface area contributed by atoms with Crippen LogP contribution in [0.2, 0.25) is 0 Å². The molecular formula is C12H13F3N2. The van der Waals surface area contributed by atoms with E-state index in [4.69, 9.17) is 5.73 Å². The molecule has 92 valence electrons. The van der Waals surface area contributed by atoms with Crippen LogP contribution in [0.1, 0.15) is 5.56 Å². The summed E-state index contributed by atoms with van der Waals surface area (Å²) < 4.78 is 39.0. The summed E-state index contributed by atoms with van der Waals surface area (Å²) in [6.07, 6.45) is -2.84. The van der Waals surface area contributed by atoms with Gasteiger partial charge in [-0.25, -0.2) is 0 Å². The van der Waals surface area contributed by atoms with Gasteiger partial charge in [0, 0.05) is 24.1 Å². The summed E-state index contributed by atoms with van der Waals surface area (Å²) in [4.78, 5) is 0. The van der Waals surface area contributed by atoms with Gasteiger partial charge in [0.1, 0.15) is 6.04 Å². The van der Waals surface area contributed by atoms with Crippen molar-refractivity contribution in [2.45, 2.75) is 18.6 Å². The molecule has 1 heterocycles. The molecule has 0 radical (unpaired) electrons. The predicted octanol–water partition coefficient (Wildman–Crippen LogP) is 2.61. The van der Waals surface area contributed by atoms with Crippen molar-refractivity contribution in [2.75, 3.05) is 0 Å². The van der Waals surface area contributed by atoms with Crippen molar-refractivity contribution in [2.24, 2.45) is 12.8 Å². The molecule has 5 heteroatoms. The Morgan fingerprint density at radius 3 is 2.59 bits per heavy atom. The molecule has 1 unspecified atom stereocenters. The van der Waals surface area contributed by atoms with Crippen molar-refractivity contribution in [1.82, 2.24) is 4.57 Å². The van der Waals surface area contributed by atoms with Gasteiger partial charge in [0.05, 0.1) is 0 Å². The van der Waals surface area contributed by atoms with Crippen LogP contribution in [0.15, 0.2) is 30.5 Å². The van der Waals surface area contributed by atoms with Gasteiger partial charge in [0.25, 0.3) is 0 Å². The number of halogens is 3. The average molecular weight is 242 g/mol. The van der Waals surface area contributed by atoms with Gasteiger partial charge < -0.3 is 10.3 Å². The Bertz CT molecular complexity index is 528. The Balaban J connectivity index is 2.37. The monoisotopic (exact) mass is 242 g/mol. The van der Waals surface area contributed by atoms with Crippen LogP contribution in [0, 0.1) is 0 Å². The zero-order valence-electron chi connectivity index (χ0n) is 9.33. The second-order valence-corrected chi connectivity index (χ2v) is 4.13. The first-order chi connectivity index (χ1) is 7.89. The summed E-state index contributed by atoms with van der Waals surface area (Å²) >= 11 is 0. The van der Waals surface area contributed by atoms with Crippen LogP contribution in [0.25, 0.3) is 10.9 Å². The molecule has 2 aromatic rings. The topological polar surface area (TPSA) is 30.9 Å². The molecule has 2 rings (SSSR count). The number of hydrogen-bond donors (Lipinski definition) is 1. The van der Waals surface area contributed by atoms with E-state index in [9.17, 15) is 13.2 Å². The maximum atomic E-state index is 12.4. The smallest absolute Gasteiger partial charge is 0.350 e. The van der Waals surface area contributed by atoms with Crippen LogP contribution >= 0.6 is 0 Å². The highest BCUT2D eigenvalue weighted by Gasteiger charge is 2.36. The van der Waals surface area contributed by atoms with Crippen LogP contribution in [-0.4, -0.2) is 16.8 Å². The molecule has 0 bridgehead atoms. The quantitative estimate of drug-likeness (QED) is 0.862. The average Bonchev–Trinajstić information content (AvgIpc) is 2.56. The summed E-state index contributed by atoms with van der Waals surface area (Å²) in [5, 5.41) is 0.828. The minimum absolute atomic E-state index is 0.190. The van der Waals surface area contributed by atoms with Crippen molar-refractivity contribution in [3.05, 3.63) is 36.0 Å². The van der Waals surface area contributed by atoms with Crippen LogP contribution in [0.4, 0.5) is 13.2 Å². The number of nitrogens with zero attached hydrogens (tertiary/aromatic N) is 1. The minimum Gasteiger partial charge on any atom is -0.350 e. The van der Waals surface area contributed by atoms with Crippen LogP contribution in [0.5, 0.6) is 0 Å². The molecule has 0 fully saturated rings. The van der Waals surface area contributed by atoms with E-state index < -0.39 is 12.2 Å². The zero-order chi connectivity index (χ0) is 12.6. The number of fused-ring (bicyclic) bond motifs is 1. The lowest BCUT2D eigenvalue weighted by Gasteiger charge is -2.14. The third kappa shape index (κ3) is 2.29. The molecule has 0 saturated heterocycles. The van der Waals surface area contributed by atoms with E-state index in [-0.39, 0.29) is 6.42 Å². The SMILES string of the molecule is Cn1cc(CC(N)C(F)(F)F)c2ccccc21. The normalized spacial score (nSPS) is 14.2. The van der Waals surface area contributed by atoms with Crippen LogP contribution in [0.3, 0.4) is 0 Å². The number of hydrogen-bond acceptors (Lipinski definition) is 1. The Morgan fingerprint density at radius 2 is 1.94 bits per heavy atom. The number of rotatable bonds is 2. The fraction of sp³-hybridized carbons (Fsp3) is 0.333. The van der Waals surface area contributed by atoms with Gasteiger partial charge in [-0.2, -0.15) is 13.2 Å². The van der Waals surface area contributed by atoms with Crippen molar-refractivity contribution in [3.63, 3.8) is 0 Å². The Hall–Kier alpha value is -1.49. The molecule has 0 spiro atoms. The number of para-hydroxylation sites is 1. The van der Waals surface area contributed by atoms with Crippen molar-refractivity contribution in [3.8, 4) is 0 Å². The molecular weight excluding hydrogens is 229 g/mol. The van der Waals surface area contributed by atoms with E-state index in [1.54, 1.807) is 6.20 Å². The molecule has 0 amide bonds. The number of aryl methyl sites for hydroxylation is 1. The van der Waals surface area contributed by atoms with Gasteiger partial charge in [-0.1, -0.05) is 18.2 Å². The maximum absolute atomic E-state index is 12.4. The van der Waals surface area contributed by atoms with Gasteiger partial charge in [-0.05, 0) is 18.1 Å². The molecule has 0 aliphatic heterocycles. The highest BCUT2D eigenvalue weighted by atomic mass is 19.4. The first-order valence-electron chi connectivity index (χ1n) is 5.25. The van der Waals surface area contributed by atoms with Gasteiger partial charge in [0.2, 0.25) is 0 Å². The second kappa shape index (κ2) is 4.07. The molecule has 17 heavy (non-hydrogen) atoms. The summed E-state index contributed by atoms with van der Waals surface area (Å²) in [5.74, 6) is 0. The van der Waals surface area contributed by atoms with Gasteiger partial charge in [0.15, 0.2) is 0 Å². The van der Waals surface area contributed by atoms with Gasteiger partial charge in [-0.3, -0.25) is 0 Å². The van der Waals surface area contributed by atoms with E-state index >= 15 is 0 Å². The van der Waals surface area contributed by atoms with Crippen LogP contribution < -0.4 is 5.73 Å². The summed E-state index contributed by atoms with van der Waals surface area (Å²) in [6, 6.07) is 5.54. The lowest BCUT2D eigenvalue weighted by molar-refractivity contribution is -0.147. The fourth-order valence-corrected chi connectivity index (χ4v) is 1.94. The summed E-state index contributed by atoms with van der Waals surface area (Å²) in [5.41, 5.74) is 6.69. The lowest BCUT2D eigenvalue weighted by atomic mass is 10.1. The third-order valence-electron chi connectivity index (χ3n) is 2.84. The molecule has 2 N–H and O–H groups in total. The minimum atomic E-state index is -4.35. The maximum Gasteiger partial charge on any atom is 0.403 e. The molecule has 0 aliphatic carbocycles. The number of alkyl halides is 3. The van der Waals surface area contributed by atoms with E-state index in [0.717, 1.165) is 10.9 Å². The molecule has 1 aromatic carbocycles. The Labute approximate surface area is 96.8 Å². The standard InChI is InChI=1S/C12H13F3N2/c1-17-7-8(6-11(16)12(13,14)15)9-4-2-3-5-10(9)17/h2-5,7,11H,6,16H2,1H3. The molecule has 0 saturated carbocycles. The van der Waals surface area contributed by atoms with Gasteiger partial charge >= 0.3 is 6.18 Å². The first-order valence-corrected chi connectivity index (χ1v) is 5.25. The summed E-state index contributed by atoms with van der Waals surface area (Å²) in [7, 11) is 1.81. The highest BCUT2D eigenvalue weighted by Crippen LogP contribution is 2.26. The Kier molecular flexibility index (Phi) is 2.87. The summed E-state index contributed by atoms with van der Waals surface area (Å²) in [6.45, 7) is 0. The lowest BCUT2D eigenvalue weighted by Crippen LogP contribution is -2.39. The van der Waals surface area contributed by atoms with Crippen molar-refractivity contribution in [1.29, 1.82) is 0 Å². The largest absolute Gasteiger partial charge is 0.403 e. The van der Waals surface area contributed by atoms with Crippen LogP contribution in [-0.2, 0) is 13.5 Å². The van der Waals surface area contributed by atoms with E-state index in [1.807, 2.05) is 35.9 Å². The van der Waals surface area contributed by atoms with Crippen molar-refractivity contribution < 1.29 is 13.2 Å². The molecule has 0 aliphatic rings. The van der Waals surface area contributed by atoms with E-state index in [0.29, 0.717) is 5.56 Å².